The summed E-state index contributed by atoms with van der Waals surface area (Å²) in [6.45, 7) is 0.449. The molecular weight excluding hydrogens is 365 g/mol. The monoisotopic (exact) mass is 379 g/mol. The lowest BCUT2D eigenvalue weighted by Crippen LogP contribution is -2.23. The quantitative estimate of drug-likeness (QED) is 0.706. The average Bonchev–Trinajstić information content (AvgIpc) is 3.19. The molecule has 25 heavy (non-hydrogen) atoms. The molecule has 1 amide bonds. The van der Waals surface area contributed by atoms with Gasteiger partial charge in [-0.1, -0.05) is 29.3 Å². The van der Waals surface area contributed by atoms with Gasteiger partial charge in [0.15, 0.2) is 5.76 Å². The van der Waals surface area contributed by atoms with Crippen LogP contribution in [0.2, 0.25) is 10.0 Å². The lowest BCUT2D eigenvalue weighted by Gasteiger charge is -2.05. The van der Waals surface area contributed by atoms with Crippen LogP contribution in [0.1, 0.15) is 22.0 Å². The summed E-state index contributed by atoms with van der Waals surface area (Å²) in [7, 11) is 1.76. The summed E-state index contributed by atoms with van der Waals surface area (Å²) in [5.41, 5.74) is 0.714. The van der Waals surface area contributed by atoms with Gasteiger partial charge < -0.3 is 14.5 Å². The van der Waals surface area contributed by atoms with Crippen LogP contribution < -0.4 is 10.1 Å². The zero-order chi connectivity index (χ0) is 17.8. The van der Waals surface area contributed by atoms with Crippen molar-refractivity contribution in [2.24, 2.45) is 7.05 Å². The first kappa shape index (κ1) is 17.4. The first-order valence-corrected chi connectivity index (χ1v) is 8.20. The van der Waals surface area contributed by atoms with Crippen LogP contribution in [0.3, 0.4) is 0 Å². The molecule has 0 atom stereocenters. The fourth-order valence-electron chi connectivity index (χ4n) is 2.17. The SMILES string of the molecule is Cn1ncc(Cl)c1CNC(=O)c1ccc(COc2cccc(Cl)c2)o1. The molecular formula is C17H15Cl2N3O3. The van der Waals surface area contributed by atoms with E-state index in [0.29, 0.717) is 27.2 Å². The van der Waals surface area contributed by atoms with Gasteiger partial charge in [-0.3, -0.25) is 9.48 Å². The predicted octanol–water partition coefficient (Wildman–Crippen LogP) is 3.83. The first-order valence-electron chi connectivity index (χ1n) is 7.44. The number of hydrogen-bond acceptors (Lipinski definition) is 4. The van der Waals surface area contributed by atoms with Crippen molar-refractivity contribution in [3.63, 3.8) is 0 Å². The van der Waals surface area contributed by atoms with Crippen molar-refractivity contribution in [1.82, 2.24) is 15.1 Å². The molecule has 0 saturated heterocycles. The predicted molar refractivity (Wildman–Crippen MR) is 93.9 cm³/mol. The largest absolute Gasteiger partial charge is 0.486 e. The van der Waals surface area contributed by atoms with Crippen molar-refractivity contribution in [2.75, 3.05) is 0 Å². The van der Waals surface area contributed by atoms with Gasteiger partial charge in [0.25, 0.3) is 5.91 Å². The molecule has 0 aliphatic heterocycles. The Bertz CT molecular complexity index is 869. The molecule has 3 rings (SSSR count). The Morgan fingerprint density at radius 2 is 2.16 bits per heavy atom. The lowest BCUT2D eigenvalue weighted by atomic mass is 10.3. The molecule has 0 saturated carbocycles. The van der Waals surface area contributed by atoms with Gasteiger partial charge in [0, 0.05) is 12.1 Å². The maximum absolute atomic E-state index is 12.2. The second-order valence-electron chi connectivity index (χ2n) is 5.26. The highest BCUT2D eigenvalue weighted by Gasteiger charge is 2.13. The highest BCUT2D eigenvalue weighted by Crippen LogP contribution is 2.19. The molecule has 1 aromatic carbocycles. The van der Waals surface area contributed by atoms with Crippen LogP contribution in [0.25, 0.3) is 0 Å². The number of carbonyl (C=O) groups is 1. The third kappa shape index (κ3) is 4.35. The van der Waals surface area contributed by atoms with Crippen LogP contribution in [0.15, 0.2) is 47.0 Å². The number of halogens is 2. The Kier molecular flexibility index (Phi) is 5.31. The third-order valence-electron chi connectivity index (χ3n) is 3.49. The molecule has 1 N–H and O–H groups in total. The summed E-state index contributed by atoms with van der Waals surface area (Å²) in [5.74, 6) is 1.01. The Hall–Kier alpha value is -2.44. The highest BCUT2D eigenvalue weighted by molar-refractivity contribution is 6.31. The number of rotatable bonds is 6. The van der Waals surface area contributed by atoms with Gasteiger partial charge in [-0.05, 0) is 30.3 Å². The van der Waals surface area contributed by atoms with E-state index in [-0.39, 0.29) is 24.8 Å². The molecule has 8 heteroatoms. The van der Waals surface area contributed by atoms with Crippen LogP contribution in [-0.2, 0) is 20.2 Å². The van der Waals surface area contributed by atoms with Gasteiger partial charge in [-0.2, -0.15) is 5.10 Å². The van der Waals surface area contributed by atoms with Crippen molar-refractivity contribution in [2.45, 2.75) is 13.2 Å². The molecule has 3 aromatic rings. The number of benzene rings is 1. The van der Waals surface area contributed by atoms with Crippen molar-refractivity contribution in [3.8, 4) is 5.75 Å². The molecule has 2 aromatic heterocycles. The van der Waals surface area contributed by atoms with Crippen LogP contribution >= 0.6 is 23.2 Å². The van der Waals surface area contributed by atoms with Gasteiger partial charge in [-0.15, -0.1) is 0 Å². The van der Waals surface area contributed by atoms with Crippen LogP contribution in [-0.4, -0.2) is 15.7 Å². The number of amides is 1. The molecule has 130 valence electrons. The van der Waals surface area contributed by atoms with Crippen molar-refractivity contribution < 1.29 is 13.9 Å². The summed E-state index contributed by atoms with van der Waals surface area (Å²) in [6, 6.07) is 10.3. The van der Waals surface area contributed by atoms with E-state index >= 15 is 0 Å². The average molecular weight is 380 g/mol. The van der Waals surface area contributed by atoms with E-state index in [1.807, 2.05) is 0 Å². The fraction of sp³-hybridized carbons (Fsp3) is 0.176. The molecule has 0 radical (unpaired) electrons. The molecule has 0 spiro atoms. The molecule has 0 bridgehead atoms. The van der Waals surface area contributed by atoms with E-state index in [2.05, 4.69) is 10.4 Å². The molecule has 0 unspecified atom stereocenters. The number of furan rings is 1. The zero-order valence-electron chi connectivity index (χ0n) is 13.3. The normalized spacial score (nSPS) is 10.7. The van der Waals surface area contributed by atoms with Crippen LogP contribution in [0.4, 0.5) is 0 Å². The summed E-state index contributed by atoms with van der Waals surface area (Å²) in [6.07, 6.45) is 1.53. The van der Waals surface area contributed by atoms with Crippen molar-refractivity contribution >= 4 is 29.1 Å². The topological polar surface area (TPSA) is 69.3 Å². The minimum atomic E-state index is -0.341. The third-order valence-corrected chi connectivity index (χ3v) is 4.04. The molecule has 0 aliphatic rings. The molecule has 6 nitrogen and oxygen atoms in total. The molecule has 0 fully saturated rings. The number of nitrogens with zero attached hydrogens (tertiary/aromatic N) is 2. The Morgan fingerprint density at radius 1 is 1.32 bits per heavy atom. The molecule has 0 aliphatic carbocycles. The standard InChI is InChI=1S/C17H15Cl2N3O3/c1-22-15(14(19)8-21-22)9-20-17(23)16-6-5-13(25-16)10-24-12-4-2-3-11(18)7-12/h2-8H,9-10H2,1H3,(H,20,23). The second-order valence-corrected chi connectivity index (χ2v) is 6.10. The van der Waals surface area contributed by atoms with Crippen LogP contribution in [0, 0.1) is 0 Å². The smallest absolute Gasteiger partial charge is 0.287 e. The van der Waals surface area contributed by atoms with Gasteiger partial charge in [0.1, 0.15) is 18.1 Å². The summed E-state index contributed by atoms with van der Waals surface area (Å²) < 4.78 is 12.7. The maximum atomic E-state index is 12.2. The number of hydrogen-bond donors (Lipinski definition) is 1. The van der Waals surface area contributed by atoms with E-state index < -0.39 is 0 Å². The Morgan fingerprint density at radius 3 is 2.88 bits per heavy atom. The highest BCUT2D eigenvalue weighted by atomic mass is 35.5. The van der Waals surface area contributed by atoms with Crippen LogP contribution in [0.5, 0.6) is 5.75 Å². The number of aromatic nitrogens is 2. The second kappa shape index (κ2) is 7.63. The summed E-state index contributed by atoms with van der Waals surface area (Å²) in [4.78, 5) is 12.2. The summed E-state index contributed by atoms with van der Waals surface area (Å²) in [5, 5.41) is 7.84. The van der Waals surface area contributed by atoms with Gasteiger partial charge in [0.05, 0.1) is 23.5 Å². The number of aryl methyl sites for hydroxylation is 1. The summed E-state index contributed by atoms with van der Waals surface area (Å²) >= 11 is 11.9. The first-order chi connectivity index (χ1) is 12.0. The number of ether oxygens (including phenoxy) is 1. The van der Waals surface area contributed by atoms with E-state index in [1.165, 1.54) is 6.20 Å². The van der Waals surface area contributed by atoms with E-state index in [0.717, 1.165) is 0 Å². The fourth-order valence-corrected chi connectivity index (χ4v) is 2.59. The van der Waals surface area contributed by atoms with E-state index in [4.69, 9.17) is 32.4 Å². The lowest BCUT2D eigenvalue weighted by molar-refractivity contribution is 0.0918. The van der Waals surface area contributed by atoms with Gasteiger partial charge >= 0.3 is 0 Å². The minimum absolute atomic E-state index is 0.196. The number of carbonyl (C=O) groups excluding carboxylic acids is 1. The number of nitrogens with one attached hydrogen (secondary N) is 1. The van der Waals surface area contributed by atoms with Crippen molar-refractivity contribution in [3.05, 3.63) is 69.9 Å². The van der Waals surface area contributed by atoms with E-state index in [9.17, 15) is 4.79 Å². The Labute approximate surface area is 154 Å². The van der Waals surface area contributed by atoms with E-state index in [1.54, 1.807) is 48.1 Å². The maximum Gasteiger partial charge on any atom is 0.287 e. The van der Waals surface area contributed by atoms with Crippen molar-refractivity contribution in [1.29, 1.82) is 0 Å². The zero-order valence-corrected chi connectivity index (χ0v) is 14.8. The molecule has 2 heterocycles. The van der Waals surface area contributed by atoms with Gasteiger partial charge in [0.2, 0.25) is 0 Å². The Balaban J connectivity index is 1.56. The minimum Gasteiger partial charge on any atom is -0.486 e. The van der Waals surface area contributed by atoms with Gasteiger partial charge in [-0.25, -0.2) is 0 Å².